The lowest BCUT2D eigenvalue weighted by molar-refractivity contribution is -0.770. The van der Waals surface area contributed by atoms with E-state index in [1.807, 2.05) is 0 Å². The molecule has 2 heterocycles. The maximum absolute atomic E-state index is 10.7. The first-order chi connectivity index (χ1) is 14.6. The van der Waals surface area contributed by atoms with Crippen LogP contribution in [0.5, 0.6) is 0 Å². The third-order valence-electron chi connectivity index (χ3n) is 2.81. The van der Waals surface area contributed by atoms with Crippen LogP contribution in [-0.2, 0) is 20.9 Å². The van der Waals surface area contributed by atoms with E-state index in [9.17, 15) is 31.1 Å². The summed E-state index contributed by atoms with van der Waals surface area (Å²) in [5.41, 5.74) is 4.31. The number of carbonyl (C=O) groups excluding carboxylic acids is 2. The quantitative estimate of drug-likeness (QED) is 0.347. The Labute approximate surface area is 173 Å². The summed E-state index contributed by atoms with van der Waals surface area (Å²) in [6, 6.07) is 2.80. The average molecular weight is 473 g/mol. The Morgan fingerprint density at radius 1 is 1.03 bits per heavy atom. The number of aliphatic carboxylic acids is 3. The Morgan fingerprint density at radius 3 is 1.78 bits per heavy atom. The molecule has 0 aliphatic heterocycles. The van der Waals surface area contributed by atoms with E-state index < -0.39 is 36.3 Å². The minimum absolute atomic E-state index is 0.227. The van der Waals surface area contributed by atoms with E-state index in [-0.39, 0.29) is 6.54 Å². The van der Waals surface area contributed by atoms with E-state index in [1.54, 1.807) is 36.9 Å². The van der Waals surface area contributed by atoms with Gasteiger partial charge in [0.1, 0.15) is 18.1 Å². The van der Waals surface area contributed by atoms with E-state index >= 15 is 0 Å². The van der Waals surface area contributed by atoms with Gasteiger partial charge in [0.25, 0.3) is 0 Å². The molecule has 0 aliphatic carbocycles. The average Bonchev–Trinajstić information content (AvgIpc) is 2.68. The fraction of sp³-hybridized carbons (Fsp3) is 0.267. The van der Waals surface area contributed by atoms with Crippen molar-refractivity contribution in [1.82, 2.24) is 15.1 Å². The number of hydrogen-bond donors (Lipinski definition) is 2. The lowest BCUT2D eigenvalue weighted by Gasteiger charge is -2.03. The topological polar surface area (TPSA) is 188 Å². The number of quaternary nitrogens is 1. The molecule has 0 aromatic carbocycles. The zero-order chi connectivity index (χ0) is 25.1. The molecule has 0 saturated carbocycles. The molecule has 0 bridgehead atoms. The van der Waals surface area contributed by atoms with Crippen LogP contribution in [0.1, 0.15) is 0 Å². The standard InChI is InChI=1S/C11H11N5O2.2C2HF3O2/c12-9(11(17)18)7-16-5-2-8(6-15-16)10-13-3-1-4-14-10;2*3-2(4,5)1(6)7/h1-6,9H,7,12H2;2*(H,6,7)/t9-;;/m0../s1. The van der Waals surface area contributed by atoms with Crippen molar-refractivity contribution in [3.63, 3.8) is 0 Å². The van der Waals surface area contributed by atoms with Gasteiger partial charge < -0.3 is 30.6 Å². The molecular formula is C15H13F6N5O6. The Balaban J connectivity index is 0.000000570. The number of carboxylic acids is 3. The molecule has 11 nitrogen and oxygen atoms in total. The summed E-state index contributed by atoms with van der Waals surface area (Å²) in [4.78, 5) is 36.4. The molecule has 0 saturated heterocycles. The molecule has 0 fully saturated rings. The van der Waals surface area contributed by atoms with Crippen LogP contribution in [-0.4, -0.2) is 56.5 Å². The van der Waals surface area contributed by atoms with Crippen LogP contribution in [0.15, 0.2) is 36.9 Å². The van der Waals surface area contributed by atoms with Crippen molar-refractivity contribution in [3.05, 3.63) is 36.9 Å². The number of hydrogen-bond acceptors (Lipinski definition) is 8. The van der Waals surface area contributed by atoms with Crippen LogP contribution in [0.4, 0.5) is 26.3 Å². The monoisotopic (exact) mass is 473 g/mol. The smallest absolute Gasteiger partial charge is 0.430 e. The van der Waals surface area contributed by atoms with E-state index in [0.29, 0.717) is 5.82 Å². The van der Waals surface area contributed by atoms with Crippen LogP contribution in [0.2, 0.25) is 0 Å². The van der Waals surface area contributed by atoms with Gasteiger partial charge in [-0.2, -0.15) is 26.3 Å². The van der Waals surface area contributed by atoms with Gasteiger partial charge in [0.2, 0.25) is 12.6 Å². The van der Waals surface area contributed by atoms with Crippen LogP contribution in [0.25, 0.3) is 11.4 Å². The molecule has 0 spiro atoms. The molecule has 0 radical (unpaired) electrons. The summed E-state index contributed by atoms with van der Waals surface area (Å²) in [5.74, 6) is -6.37. The summed E-state index contributed by atoms with van der Waals surface area (Å²) >= 11 is 0. The van der Waals surface area contributed by atoms with E-state index in [2.05, 4.69) is 20.8 Å². The highest BCUT2D eigenvalue weighted by molar-refractivity contribution is 5.71. The predicted molar refractivity (Wildman–Crippen MR) is 81.9 cm³/mol. The Kier molecular flexibility index (Phi) is 10.6. The van der Waals surface area contributed by atoms with Crippen molar-refractivity contribution < 1.29 is 66.5 Å². The molecule has 17 heteroatoms. The fourth-order valence-corrected chi connectivity index (χ4v) is 1.38. The van der Waals surface area contributed by atoms with Crippen molar-refractivity contribution >= 4 is 17.9 Å². The third kappa shape index (κ3) is 11.3. The summed E-state index contributed by atoms with van der Waals surface area (Å²) in [6.45, 7) is 0.227. The van der Waals surface area contributed by atoms with E-state index in [4.69, 9.17) is 24.9 Å². The predicted octanol–water partition coefficient (Wildman–Crippen LogP) is -2.88. The van der Waals surface area contributed by atoms with Crippen LogP contribution >= 0.6 is 0 Å². The summed E-state index contributed by atoms with van der Waals surface area (Å²) in [7, 11) is 0. The highest BCUT2D eigenvalue weighted by atomic mass is 19.4. The number of halogens is 6. The van der Waals surface area contributed by atoms with Crippen molar-refractivity contribution in [2.45, 2.75) is 24.9 Å². The van der Waals surface area contributed by atoms with Gasteiger partial charge in [-0.3, -0.25) is 0 Å². The lowest BCUT2D eigenvalue weighted by atomic mass is 10.3. The number of carboxylic acid groups (broad SMARTS) is 3. The zero-order valence-electron chi connectivity index (χ0n) is 15.5. The first-order valence-corrected chi connectivity index (χ1v) is 7.81. The third-order valence-corrected chi connectivity index (χ3v) is 2.81. The van der Waals surface area contributed by atoms with Crippen LogP contribution < -0.4 is 20.6 Å². The molecule has 0 unspecified atom stereocenters. The van der Waals surface area contributed by atoms with Gasteiger partial charge in [-0.1, -0.05) is 4.68 Å². The van der Waals surface area contributed by atoms with Crippen molar-refractivity contribution in [2.75, 3.05) is 0 Å². The lowest BCUT2D eigenvalue weighted by Crippen LogP contribution is -2.70. The van der Waals surface area contributed by atoms with E-state index in [1.165, 1.54) is 4.68 Å². The van der Waals surface area contributed by atoms with Gasteiger partial charge in [-0.25, -0.2) is 14.8 Å². The molecule has 2 rings (SSSR count). The summed E-state index contributed by atoms with van der Waals surface area (Å²) < 4.78 is 64.6. The number of aromatic nitrogens is 4. The Bertz CT molecular complexity index is 868. The maximum Gasteiger partial charge on any atom is 0.430 e. The van der Waals surface area contributed by atoms with Crippen molar-refractivity contribution in [1.29, 1.82) is 0 Å². The highest BCUT2D eigenvalue weighted by Crippen LogP contribution is 2.12. The second-order valence-corrected chi connectivity index (χ2v) is 5.32. The van der Waals surface area contributed by atoms with Gasteiger partial charge in [-0.15, -0.1) is 0 Å². The number of alkyl halides is 6. The van der Waals surface area contributed by atoms with Gasteiger partial charge in [0.15, 0.2) is 12.0 Å². The van der Waals surface area contributed by atoms with Gasteiger partial charge >= 0.3 is 18.3 Å². The minimum Gasteiger partial charge on any atom is -0.542 e. The zero-order valence-corrected chi connectivity index (χ0v) is 15.5. The van der Waals surface area contributed by atoms with Crippen molar-refractivity contribution in [2.24, 2.45) is 0 Å². The van der Waals surface area contributed by atoms with Crippen LogP contribution in [0, 0.1) is 0 Å². The fourth-order valence-electron chi connectivity index (χ4n) is 1.38. The molecule has 1 atom stereocenters. The van der Waals surface area contributed by atoms with Crippen molar-refractivity contribution in [3.8, 4) is 11.4 Å². The van der Waals surface area contributed by atoms with Gasteiger partial charge in [0, 0.05) is 24.0 Å². The van der Waals surface area contributed by atoms with Crippen LogP contribution in [0.3, 0.4) is 0 Å². The first-order valence-electron chi connectivity index (χ1n) is 7.81. The Hall–Kier alpha value is -3.89. The second-order valence-electron chi connectivity index (χ2n) is 5.32. The number of carbonyl (C=O) groups is 3. The molecule has 176 valence electrons. The SMILES string of the molecule is O=C([O-])C(F)(F)F.O=C([O-])C(F)(F)F.[NH3+][C@@H](C[n+]1ccc(-c2ncccn2)cn1)C(=O)O. The molecular weight excluding hydrogens is 460 g/mol. The Morgan fingerprint density at radius 2 is 1.47 bits per heavy atom. The van der Waals surface area contributed by atoms with Gasteiger partial charge in [-0.05, 0) is 11.2 Å². The molecule has 0 aliphatic rings. The maximum atomic E-state index is 10.7. The second kappa shape index (κ2) is 12.1. The van der Waals surface area contributed by atoms with E-state index in [0.717, 1.165) is 5.56 Å². The summed E-state index contributed by atoms with van der Waals surface area (Å²) in [5, 5.41) is 30.4. The molecule has 4 N–H and O–H groups in total. The summed E-state index contributed by atoms with van der Waals surface area (Å²) in [6.07, 6.45) is -3.80. The largest absolute Gasteiger partial charge is 0.542 e. The molecule has 2 aromatic rings. The minimum atomic E-state index is -5.19. The highest BCUT2D eigenvalue weighted by Gasteiger charge is 2.29. The molecule has 0 amide bonds. The number of nitrogens with zero attached hydrogens (tertiary/aromatic N) is 4. The molecule has 2 aromatic heterocycles. The first kappa shape index (κ1) is 28.1. The normalized spacial score (nSPS) is 11.7. The van der Waals surface area contributed by atoms with Gasteiger partial charge in [0.05, 0.1) is 0 Å². The number of rotatable bonds is 4. The molecule has 32 heavy (non-hydrogen) atoms.